The van der Waals surface area contributed by atoms with Crippen molar-refractivity contribution in [3.63, 3.8) is 0 Å². The van der Waals surface area contributed by atoms with Crippen LogP contribution in [0.3, 0.4) is 0 Å². The molecule has 9 heteroatoms. The van der Waals surface area contributed by atoms with Gasteiger partial charge in [-0.1, -0.05) is 6.07 Å². The quantitative estimate of drug-likeness (QED) is 0.708. The highest BCUT2D eigenvalue weighted by Crippen LogP contribution is 2.15. The van der Waals surface area contributed by atoms with Gasteiger partial charge in [0.25, 0.3) is 0 Å². The van der Waals surface area contributed by atoms with E-state index >= 15 is 0 Å². The predicted octanol–water partition coefficient (Wildman–Crippen LogP) is -0.119. The number of hydrogen-bond donors (Lipinski definition) is 3. The van der Waals surface area contributed by atoms with Gasteiger partial charge in [-0.25, -0.2) is 22.5 Å². The van der Waals surface area contributed by atoms with Crippen molar-refractivity contribution in [1.82, 2.24) is 19.9 Å². The van der Waals surface area contributed by atoms with Gasteiger partial charge in [-0.15, -0.1) is 0 Å². The molecule has 0 radical (unpaired) electrons. The fourth-order valence-corrected chi connectivity index (χ4v) is 2.49. The number of H-pyrrole nitrogens is 1. The molecule has 0 unspecified atom stereocenters. The number of sulfonamides is 1. The maximum absolute atomic E-state index is 13.7. The SMILES string of the molecule is NCc1ccc(S(=O)(=O)NCc2ncn[nH]2)c(F)c1. The Labute approximate surface area is 109 Å². The third-order valence-corrected chi connectivity index (χ3v) is 3.85. The molecule has 1 heterocycles. The van der Waals surface area contributed by atoms with Gasteiger partial charge >= 0.3 is 0 Å². The largest absolute Gasteiger partial charge is 0.326 e. The van der Waals surface area contributed by atoms with Crippen LogP contribution in [0, 0.1) is 5.82 Å². The molecule has 0 saturated carbocycles. The summed E-state index contributed by atoms with van der Waals surface area (Å²) in [5, 5.41) is 6.07. The lowest BCUT2D eigenvalue weighted by molar-refractivity contribution is 0.554. The summed E-state index contributed by atoms with van der Waals surface area (Å²) in [6.07, 6.45) is 1.25. The minimum Gasteiger partial charge on any atom is -0.326 e. The molecule has 0 spiro atoms. The average molecular weight is 285 g/mol. The summed E-state index contributed by atoms with van der Waals surface area (Å²) >= 11 is 0. The summed E-state index contributed by atoms with van der Waals surface area (Å²) in [7, 11) is -3.95. The Balaban J connectivity index is 2.19. The first kappa shape index (κ1) is 13.6. The highest BCUT2D eigenvalue weighted by molar-refractivity contribution is 7.89. The van der Waals surface area contributed by atoms with Crippen LogP contribution in [-0.2, 0) is 23.1 Å². The third kappa shape index (κ3) is 3.13. The molecule has 0 aliphatic carbocycles. The molecule has 102 valence electrons. The van der Waals surface area contributed by atoms with Crippen LogP contribution >= 0.6 is 0 Å². The second kappa shape index (κ2) is 5.43. The van der Waals surface area contributed by atoms with Crippen molar-refractivity contribution in [1.29, 1.82) is 0 Å². The van der Waals surface area contributed by atoms with Crippen LogP contribution in [0.15, 0.2) is 29.4 Å². The van der Waals surface area contributed by atoms with Crippen molar-refractivity contribution < 1.29 is 12.8 Å². The maximum atomic E-state index is 13.7. The summed E-state index contributed by atoms with van der Waals surface area (Å²) in [6.45, 7) is 0.0448. The van der Waals surface area contributed by atoms with E-state index in [-0.39, 0.29) is 13.1 Å². The van der Waals surface area contributed by atoms with E-state index in [0.29, 0.717) is 11.4 Å². The van der Waals surface area contributed by atoms with E-state index in [2.05, 4.69) is 19.9 Å². The second-order valence-electron chi connectivity index (χ2n) is 3.73. The Morgan fingerprint density at radius 3 is 2.79 bits per heavy atom. The maximum Gasteiger partial charge on any atom is 0.243 e. The van der Waals surface area contributed by atoms with Gasteiger partial charge in [-0.2, -0.15) is 5.10 Å². The number of aromatic nitrogens is 3. The molecule has 19 heavy (non-hydrogen) atoms. The van der Waals surface area contributed by atoms with Crippen LogP contribution in [0.2, 0.25) is 0 Å². The fourth-order valence-electron chi connectivity index (χ4n) is 1.45. The van der Waals surface area contributed by atoms with E-state index in [1.807, 2.05) is 0 Å². The van der Waals surface area contributed by atoms with E-state index < -0.39 is 20.7 Å². The number of rotatable bonds is 5. The minimum absolute atomic E-state index is 0.0968. The molecule has 7 nitrogen and oxygen atoms in total. The smallest absolute Gasteiger partial charge is 0.243 e. The zero-order chi connectivity index (χ0) is 13.9. The van der Waals surface area contributed by atoms with Gasteiger partial charge in [0.15, 0.2) is 0 Å². The van der Waals surface area contributed by atoms with Crippen LogP contribution in [0.1, 0.15) is 11.4 Å². The van der Waals surface area contributed by atoms with E-state index in [0.717, 1.165) is 6.07 Å². The number of aromatic amines is 1. The summed E-state index contributed by atoms with van der Waals surface area (Å²) in [6, 6.07) is 3.75. The van der Waals surface area contributed by atoms with E-state index in [4.69, 9.17) is 5.73 Å². The number of nitrogens with zero attached hydrogens (tertiary/aromatic N) is 2. The van der Waals surface area contributed by atoms with Gasteiger partial charge in [0.05, 0.1) is 6.54 Å². The lowest BCUT2D eigenvalue weighted by atomic mass is 10.2. The van der Waals surface area contributed by atoms with E-state index in [1.165, 1.54) is 18.5 Å². The van der Waals surface area contributed by atoms with Crippen molar-refractivity contribution in [3.8, 4) is 0 Å². The van der Waals surface area contributed by atoms with Crippen molar-refractivity contribution in [3.05, 3.63) is 41.7 Å². The summed E-state index contributed by atoms with van der Waals surface area (Å²) in [5.74, 6) is -0.504. The first-order valence-corrected chi connectivity index (χ1v) is 6.83. The van der Waals surface area contributed by atoms with Crippen molar-refractivity contribution in [2.45, 2.75) is 18.0 Å². The molecular formula is C10H12FN5O2S. The summed E-state index contributed by atoms with van der Waals surface area (Å²) in [4.78, 5) is 3.33. The Bertz CT molecular complexity index is 657. The zero-order valence-electron chi connectivity index (χ0n) is 9.80. The second-order valence-corrected chi connectivity index (χ2v) is 5.46. The molecule has 0 atom stereocenters. The summed E-state index contributed by atoms with van der Waals surface area (Å²) < 4.78 is 39.7. The molecule has 2 aromatic rings. The molecule has 2 rings (SSSR count). The normalized spacial score (nSPS) is 11.7. The zero-order valence-corrected chi connectivity index (χ0v) is 10.6. The lowest BCUT2D eigenvalue weighted by Crippen LogP contribution is -2.25. The van der Waals surface area contributed by atoms with Gasteiger partial charge in [0, 0.05) is 6.54 Å². The Hall–Kier alpha value is -1.84. The molecule has 4 N–H and O–H groups in total. The van der Waals surface area contributed by atoms with Gasteiger partial charge in [-0.3, -0.25) is 5.10 Å². The molecule has 0 saturated heterocycles. The fraction of sp³-hybridized carbons (Fsp3) is 0.200. The number of halogens is 1. The molecule has 1 aromatic heterocycles. The molecule has 0 fully saturated rings. The Kier molecular flexibility index (Phi) is 3.88. The van der Waals surface area contributed by atoms with Crippen molar-refractivity contribution in [2.24, 2.45) is 5.73 Å². The van der Waals surface area contributed by atoms with Gasteiger partial charge in [0.2, 0.25) is 10.0 Å². The standard InChI is InChI=1S/C10H12FN5O2S/c11-8-3-7(4-12)1-2-9(8)19(17,18)15-5-10-13-6-14-16-10/h1-3,6,15H,4-5,12H2,(H,13,14,16). The van der Waals surface area contributed by atoms with Crippen molar-refractivity contribution >= 4 is 10.0 Å². The summed E-state index contributed by atoms with van der Waals surface area (Å²) in [5.41, 5.74) is 5.87. The minimum atomic E-state index is -3.95. The molecule has 0 bridgehead atoms. The molecule has 0 aliphatic heterocycles. The van der Waals surface area contributed by atoms with Crippen LogP contribution in [-0.4, -0.2) is 23.6 Å². The molecular weight excluding hydrogens is 273 g/mol. The highest BCUT2D eigenvalue weighted by atomic mass is 32.2. The van der Waals surface area contributed by atoms with Crippen LogP contribution in [0.25, 0.3) is 0 Å². The number of nitrogens with one attached hydrogen (secondary N) is 2. The van der Waals surface area contributed by atoms with Crippen LogP contribution in [0.5, 0.6) is 0 Å². The Morgan fingerprint density at radius 1 is 1.42 bits per heavy atom. The van der Waals surface area contributed by atoms with Crippen LogP contribution in [0.4, 0.5) is 4.39 Å². The molecule has 0 aliphatic rings. The predicted molar refractivity (Wildman–Crippen MR) is 64.7 cm³/mol. The highest BCUT2D eigenvalue weighted by Gasteiger charge is 2.19. The van der Waals surface area contributed by atoms with E-state index in [9.17, 15) is 12.8 Å². The van der Waals surface area contributed by atoms with Crippen molar-refractivity contribution in [2.75, 3.05) is 0 Å². The van der Waals surface area contributed by atoms with Gasteiger partial charge in [0.1, 0.15) is 22.9 Å². The topological polar surface area (TPSA) is 114 Å². The number of nitrogens with two attached hydrogens (primary N) is 1. The lowest BCUT2D eigenvalue weighted by Gasteiger charge is -2.07. The van der Waals surface area contributed by atoms with Gasteiger partial charge in [-0.05, 0) is 17.7 Å². The average Bonchev–Trinajstić information content (AvgIpc) is 2.89. The first-order valence-electron chi connectivity index (χ1n) is 5.35. The first-order chi connectivity index (χ1) is 9.03. The van der Waals surface area contributed by atoms with E-state index in [1.54, 1.807) is 0 Å². The Morgan fingerprint density at radius 2 is 2.21 bits per heavy atom. The monoisotopic (exact) mass is 285 g/mol. The number of benzene rings is 1. The number of hydrogen-bond acceptors (Lipinski definition) is 5. The van der Waals surface area contributed by atoms with Crippen LogP contribution < -0.4 is 10.5 Å². The molecule has 0 amide bonds. The third-order valence-electron chi connectivity index (χ3n) is 2.42. The van der Waals surface area contributed by atoms with Gasteiger partial charge < -0.3 is 5.73 Å². The molecule has 1 aromatic carbocycles.